The molecule has 1 saturated heterocycles. The molecule has 2 heterocycles. The predicted molar refractivity (Wildman–Crippen MR) is 120 cm³/mol. The molecule has 8 nitrogen and oxygen atoms in total. The highest BCUT2D eigenvalue weighted by Gasteiger charge is 2.77. The van der Waals surface area contributed by atoms with Crippen LogP contribution in [0.3, 0.4) is 0 Å². The van der Waals surface area contributed by atoms with Crippen molar-refractivity contribution in [2.75, 3.05) is 19.7 Å². The Kier molecular flexibility index (Phi) is 6.02. The van der Waals surface area contributed by atoms with E-state index in [1.165, 1.54) is 12.8 Å². The van der Waals surface area contributed by atoms with Gasteiger partial charge in [0.25, 0.3) is 0 Å². The number of carbonyl (C=O) groups is 1. The molecule has 3 N–H and O–H groups in total. The van der Waals surface area contributed by atoms with Gasteiger partial charge in [-0.25, -0.2) is 4.79 Å². The van der Waals surface area contributed by atoms with Gasteiger partial charge in [0.15, 0.2) is 11.5 Å². The lowest BCUT2D eigenvalue weighted by Gasteiger charge is -2.69. The van der Waals surface area contributed by atoms with Gasteiger partial charge in [-0.15, -0.1) is 0 Å². The number of phenolic OH excluding ortho intramolecular Hbond substituents is 1. The molecule has 2 saturated carbocycles. The fourth-order valence-corrected chi connectivity index (χ4v) is 7.28. The Labute approximate surface area is 206 Å². The number of benzene rings is 1. The van der Waals surface area contributed by atoms with E-state index in [-0.39, 0.29) is 16.4 Å². The molecule has 0 amide bonds. The number of quaternary nitrogens is 1. The molecule has 36 heavy (non-hydrogen) atoms. The van der Waals surface area contributed by atoms with Gasteiger partial charge in [-0.1, -0.05) is 13.0 Å². The topological polar surface area (TPSA) is 119 Å². The third kappa shape index (κ3) is 3.61. The lowest BCUT2D eigenvalue weighted by molar-refractivity contribution is -0.924. The number of aromatic hydroxyl groups is 1. The maximum atomic E-state index is 14.3. The zero-order valence-electron chi connectivity index (χ0n) is 20.1. The number of carboxylic acids is 1. The second-order valence-corrected chi connectivity index (χ2v) is 10.9. The smallest absolute Gasteiger partial charge is 0.490 e. The van der Waals surface area contributed by atoms with Crippen LogP contribution in [0.15, 0.2) is 12.1 Å². The summed E-state index contributed by atoms with van der Waals surface area (Å²) in [5.74, 6) is -1.56. The molecular weight excluding hydrogens is 483 g/mol. The van der Waals surface area contributed by atoms with Gasteiger partial charge in [0.1, 0.15) is 17.7 Å². The van der Waals surface area contributed by atoms with Crippen molar-refractivity contribution in [1.29, 1.82) is 0 Å². The van der Waals surface area contributed by atoms with Crippen LogP contribution in [0.4, 0.5) is 13.2 Å². The molecule has 3 aliphatic carbocycles. The molecule has 1 aromatic rings. The van der Waals surface area contributed by atoms with Crippen LogP contribution in [0.2, 0.25) is 0 Å². The number of alkyl halides is 3. The first-order chi connectivity index (χ1) is 16.9. The average molecular weight is 516 g/mol. The summed E-state index contributed by atoms with van der Waals surface area (Å²) in [5, 5.41) is 43.0. The summed E-state index contributed by atoms with van der Waals surface area (Å²) in [6.07, 6.45) is -0.357. The molecule has 6 atom stereocenters. The van der Waals surface area contributed by atoms with Gasteiger partial charge in [0.05, 0.1) is 24.6 Å². The zero-order valence-corrected chi connectivity index (χ0v) is 20.1. The van der Waals surface area contributed by atoms with Crippen molar-refractivity contribution in [2.24, 2.45) is 5.92 Å². The lowest BCUT2D eigenvalue weighted by Crippen LogP contribution is -2.81. The van der Waals surface area contributed by atoms with E-state index in [1.54, 1.807) is 6.07 Å². The number of hydrogen-bond acceptors (Lipinski definition) is 6. The number of halogens is 3. The lowest BCUT2D eigenvalue weighted by atomic mass is 9.48. The van der Waals surface area contributed by atoms with E-state index in [1.807, 2.05) is 6.07 Å². The van der Waals surface area contributed by atoms with Crippen molar-refractivity contribution in [2.45, 2.75) is 87.3 Å². The first-order valence-corrected chi connectivity index (χ1v) is 12.6. The van der Waals surface area contributed by atoms with Crippen LogP contribution >= 0.6 is 0 Å². The van der Waals surface area contributed by atoms with Gasteiger partial charge >= 0.3 is 12.1 Å². The molecule has 200 valence electrons. The number of hydroxylamine groups is 3. The number of aliphatic hydroxyl groups is 1. The van der Waals surface area contributed by atoms with E-state index in [0.29, 0.717) is 57.0 Å². The standard InChI is InChI=1S/C23H31NO5.C2HF3O2/c1-2-11-28-23-8-7-17(26)21-22(23)9-10-24(27,13-14-3-4-14)18(23)12-15-5-6-16(25)20(29-21)19(15)22;3-2(4,5)1(6)7/h5-6,14,17-18,21,25-26H,2-4,7-13H2,1H3;(H,6,7)/t17-,18-,21+,22+,23?,24+;/m1./s1. The predicted octanol–water partition coefficient (Wildman–Crippen LogP) is 3.40. The Morgan fingerprint density at radius 1 is 1.28 bits per heavy atom. The monoisotopic (exact) mass is 515 g/mol. The van der Waals surface area contributed by atoms with Crippen molar-refractivity contribution < 1.29 is 47.4 Å². The van der Waals surface area contributed by atoms with Crippen molar-refractivity contribution in [3.05, 3.63) is 28.5 Å². The number of likely N-dealkylation sites (tertiary alicyclic amines) is 1. The minimum absolute atomic E-state index is 0.133. The van der Waals surface area contributed by atoms with Crippen LogP contribution in [0, 0.1) is 11.1 Å². The van der Waals surface area contributed by atoms with Gasteiger partial charge in [-0.05, 0) is 43.7 Å². The second kappa shape index (κ2) is 8.47. The van der Waals surface area contributed by atoms with E-state index in [0.717, 1.165) is 17.5 Å². The van der Waals surface area contributed by atoms with Crippen molar-refractivity contribution in [3.63, 3.8) is 0 Å². The van der Waals surface area contributed by atoms with E-state index < -0.39 is 35.4 Å². The Hall–Kier alpha value is -2.08. The van der Waals surface area contributed by atoms with Gasteiger partial charge in [0, 0.05) is 30.9 Å². The number of ether oxygens (including phenoxy) is 2. The Morgan fingerprint density at radius 2 is 1.97 bits per heavy atom. The Morgan fingerprint density at radius 3 is 2.58 bits per heavy atom. The largest absolute Gasteiger partial charge is 0.632 e. The Bertz CT molecular complexity index is 1040. The fraction of sp³-hybridized carbons (Fsp3) is 0.720. The number of phenols is 1. The summed E-state index contributed by atoms with van der Waals surface area (Å²) in [4.78, 5) is 8.90. The molecule has 1 unspecified atom stereocenters. The highest BCUT2D eigenvalue weighted by atomic mass is 19.4. The molecule has 1 aromatic carbocycles. The normalized spacial score (nSPS) is 37.9. The summed E-state index contributed by atoms with van der Waals surface area (Å²) >= 11 is 0. The highest BCUT2D eigenvalue weighted by Crippen LogP contribution is 2.67. The third-order valence-electron chi connectivity index (χ3n) is 8.79. The van der Waals surface area contributed by atoms with Gasteiger partial charge in [-0.3, -0.25) is 0 Å². The third-order valence-corrected chi connectivity index (χ3v) is 8.79. The van der Waals surface area contributed by atoms with Crippen molar-refractivity contribution in [3.8, 4) is 11.5 Å². The summed E-state index contributed by atoms with van der Waals surface area (Å²) in [7, 11) is 0. The molecular formula is C25H32F3NO7. The van der Waals surface area contributed by atoms with Crippen molar-refractivity contribution in [1.82, 2.24) is 0 Å². The highest BCUT2D eigenvalue weighted by molar-refractivity contribution is 5.73. The maximum Gasteiger partial charge on any atom is 0.490 e. The number of hydrogen-bond donors (Lipinski definition) is 3. The molecule has 1 spiro atoms. The van der Waals surface area contributed by atoms with Crippen LogP contribution < -0.4 is 4.74 Å². The maximum absolute atomic E-state index is 14.3. The van der Waals surface area contributed by atoms with Crippen LogP contribution in [0.25, 0.3) is 0 Å². The van der Waals surface area contributed by atoms with E-state index in [4.69, 9.17) is 19.4 Å². The number of nitrogens with zero attached hydrogens (tertiary/aromatic N) is 1. The SMILES string of the molecule is CCCOC12CC[C@@H](O)[C@@H]3Oc4c(O)ccc5c4[C@@]31CC[N@+]([O-])(CC1CC1)[C@@H]2C5.O=C(O)C(F)(F)F. The molecule has 0 radical (unpaired) electrons. The molecule has 3 fully saturated rings. The van der Waals surface area contributed by atoms with Crippen LogP contribution in [-0.2, 0) is 21.4 Å². The first-order valence-electron chi connectivity index (χ1n) is 12.6. The van der Waals surface area contributed by atoms with E-state index >= 15 is 0 Å². The molecule has 2 aliphatic heterocycles. The van der Waals surface area contributed by atoms with Crippen LogP contribution in [0.1, 0.15) is 56.6 Å². The quantitative estimate of drug-likeness (QED) is 0.406. The summed E-state index contributed by atoms with van der Waals surface area (Å²) in [6, 6.07) is 3.47. The number of piperidine rings is 1. The minimum atomic E-state index is -5.08. The molecule has 0 aromatic heterocycles. The van der Waals surface area contributed by atoms with Gasteiger partial charge in [0.2, 0.25) is 0 Å². The van der Waals surface area contributed by atoms with Crippen molar-refractivity contribution >= 4 is 5.97 Å². The molecule has 6 rings (SSSR count). The fourth-order valence-electron chi connectivity index (χ4n) is 7.28. The van der Waals surface area contributed by atoms with Crippen LogP contribution in [0.5, 0.6) is 11.5 Å². The Balaban J connectivity index is 0.000000338. The average Bonchev–Trinajstić information content (AvgIpc) is 3.54. The molecule has 5 aliphatic rings. The first kappa shape index (κ1) is 25.6. The number of aliphatic hydroxyl groups excluding tert-OH is 1. The number of rotatable bonds is 5. The molecule has 2 bridgehead atoms. The van der Waals surface area contributed by atoms with E-state index in [9.17, 15) is 28.6 Å². The number of aliphatic carboxylic acids is 1. The zero-order chi connectivity index (χ0) is 26.1. The number of carboxylic acid groups (broad SMARTS) is 1. The summed E-state index contributed by atoms with van der Waals surface area (Å²) in [5.41, 5.74) is 0.950. The van der Waals surface area contributed by atoms with Crippen LogP contribution in [-0.4, -0.2) is 75.7 Å². The summed E-state index contributed by atoms with van der Waals surface area (Å²) in [6.45, 7) is 3.93. The minimum Gasteiger partial charge on any atom is -0.632 e. The van der Waals surface area contributed by atoms with Gasteiger partial charge < -0.3 is 34.6 Å². The second-order valence-electron chi connectivity index (χ2n) is 10.9. The molecule has 11 heteroatoms. The van der Waals surface area contributed by atoms with E-state index in [2.05, 4.69) is 6.92 Å². The van der Waals surface area contributed by atoms with Gasteiger partial charge in [-0.2, -0.15) is 13.2 Å². The summed E-state index contributed by atoms with van der Waals surface area (Å²) < 4.78 is 44.6.